The van der Waals surface area contributed by atoms with Gasteiger partial charge in [-0.2, -0.15) is 13.2 Å². The molecule has 2 rings (SSSR count). The van der Waals surface area contributed by atoms with Crippen LogP contribution in [0.1, 0.15) is 25.0 Å². The highest BCUT2D eigenvalue weighted by atomic mass is 127. The van der Waals surface area contributed by atoms with Crippen LogP contribution in [0.25, 0.3) is 0 Å². The molecule has 0 aromatic heterocycles. The maximum absolute atomic E-state index is 13.6. The van der Waals surface area contributed by atoms with Crippen molar-refractivity contribution in [2.24, 2.45) is 4.99 Å². The second-order valence-electron chi connectivity index (χ2n) is 6.63. The molecule has 0 radical (unpaired) electrons. The minimum absolute atomic E-state index is 0. The summed E-state index contributed by atoms with van der Waals surface area (Å²) in [5, 5.41) is 6.16. The number of guanidine groups is 1. The molecule has 0 saturated carbocycles. The number of methoxy groups -OCH3 is 1. The first-order valence-corrected chi connectivity index (χ1v) is 9.41. The van der Waals surface area contributed by atoms with Gasteiger partial charge < -0.3 is 25.0 Å². The van der Waals surface area contributed by atoms with Crippen molar-refractivity contribution in [1.29, 1.82) is 0 Å². The second kappa shape index (κ2) is 12.4. The number of morpholine rings is 1. The van der Waals surface area contributed by atoms with Crippen LogP contribution in [-0.4, -0.2) is 58.6 Å². The van der Waals surface area contributed by atoms with Crippen LogP contribution in [-0.2, 0) is 22.2 Å². The number of hydrogen-bond acceptors (Lipinski definition) is 4. The molecule has 166 valence electrons. The quantitative estimate of drug-likeness (QED) is 0.322. The average Bonchev–Trinajstić information content (AvgIpc) is 2.66. The Morgan fingerprint density at radius 2 is 2.00 bits per heavy atom. The maximum atomic E-state index is 13.6. The summed E-state index contributed by atoms with van der Waals surface area (Å²) in [6.45, 7) is 7.01. The highest BCUT2D eigenvalue weighted by Crippen LogP contribution is 2.35. The number of anilines is 1. The lowest BCUT2D eigenvalue weighted by molar-refractivity contribution is -0.138. The van der Waals surface area contributed by atoms with Crippen molar-refractivity contribution in [3.63, 3.8) is 0 Å². The number of alkyl halides is 3. The number of aliphatic imine (C=N–C) groups is 1. The summed E-state index contributed by atoms with van der Waals surface area (Å²) in [5.41, 5.74) is 0.0456. The Bertz CT molecular complexity index is 653. The predicted octanol–water partition coefficient (Wildman–Crippen LogP) is 3.25. The molecule has 10 heteroatoms. The first-order valence-electron chi connectivity index (χ1n) is 9.41. The van der Waals surface area contributed by atoms with E-state index in [4.69, 9.17) is 9.47 Å². The van der Waals surface area contributed by atoms with Crippen LogP contribution in [0.3, 0.4) is 0 Å². The maximum Gasteiger partial charge on any atom is 0.416 e. The molecule has 29 heavy (non-hydrogen) atoms. The third-order valence-electron chi connectivity index (χ3n) is 4.33. The van der Waals surface area contributed by atoms with E-state index in [1.165, 1.54) is 12.1 Å². The van der Waals surface area contributed by atoms with Gasteiger partial charge in [0.05, 0.1) is 31.9 Å². The smallest absolute Gasteiger partial charge is 0.383 e. The first-order chi connectivity index (χ1) is 13.3. The van der Waals surface area contributed by atoms with Gasteiger partial charge in [-0.15, -0.1) is 24.0 Å². The lowest BCUT2D eigenvalue weighted by Gasteiger charge is -2.29. The molecule has 1 unspecified atom stereocenters. The summed E-state index contributed by atoms with van der Waals surface area (Å²) in [6.07, 6.45) is -4.44. The predicted molar refractivity (Wildman–Crippen MR) is 119 cm³/mol. The van der Waals surface area contributed by atoms with E-state index < -0.39 is 11.7 Å². The summed E-state index contributed by atoms with van der Waals surface area (Å²) in [4.78, 5) is 6.23. The Morgan fingerprint density at radius 1 is 1.31 bits per heavy atom. The number of hydrogen-bond donors (Lipinski definition) is 2. The fraction of sp³-hybridized carbons (Fsp3) is 0.632. The SMILES string of the molecule is CCNC(=NCc1ccc(N2CCOCC2)cc1C(F)(F)F)NC(C)COC.I. The molecule has 0 aliphatic carbocycles. The van der Waals surface area contributed by atoms with Crippen LogP contribution in [0.15, 0.2) is 23.2 Å². The van der Waals surface area contributed by atoms with Gasteiger partial charge in [-0.25, -0.2) is 4.99 Å². The Hall–Kier alpha value is -1.27. The molecule has 1 aromatic carbocycles. The molecule has 1 aliphatic heterocycles. The standard InChI is InChI=1S/C19H29F3N4O2.HI/c1-4-23-18(25-14(2)13-27-3)24-12-15-5-6-16(11-17(15)19(20,21)22)26-7-9-28-10-8-26;/h5-6,11,14H,4,7-10,12-13H2,1-3H3,(H2,23,24,25);1H. The van der Waals surface area contributed by atoms with Gasteiger partial charge in [-0.1, -0.05) is 6.07 Å². The number of benzene rings is 1. The lowest BCUT2D eigenvalue weighted by Crippen LogP contribution is -2.43. The average molecular weight is 530 g/mol. The third-order valence-corrected chi connectivity index (χ3v) is 4.33. The number of halogens is 4. The Labute approximate surface area is 187 Å². The van der Waals surface area contributed by atoms with Crippen LogP contribution in [0, 0.1) is 0 Å². The molecule has 1 aromatic rings. The minimum Gasteiger partial charge on any atom is -0.383 e. The van der Waals surface area contributed by atoms with Crippen molar-refractivity contribution >= 4 is 35.6 Å². The number of rotatable bonds is 7. The van der Waals surface area contributed by atoms with Crippen LogP contribution in [0.5, 0.6) is 0 Å². The van der Waals surface area contributed by atoms with E-state index in [0.717, 1.165) is 0 Å². The van der Waals surface area contributed by atoms with E-state index in [1.54, 1.807) is 13.2 Å². The van der Waals surface area contributed by atoms with Crippen molar-refractivity contribution in [3.8, 4) is 0 Å². The Balaban J connectivity index is 0.00000420. The van der Waals surface area contributed by atoms with E-state index >= 15 is 0 Å². The molecule has 1 heterocycles. The molecule has 2 N–H and O–H groups in total. The summed E-state index contributed by atoms with van der Waals surface area (Å²) in [5.74, 6) is 0.456. The molecular weight excluding hydrogens is 500 g/mol. The van der Waals surface area contributed by atoms with Crippen LogP contribution >= 0.6 is 24.0 Å². The zero-order chi connectivity index (χ0) is 20.6. The van der Waals surface area contributed by atoms with E-state index in [1.807, 2.05) is 18.7 Å². The molecule has 0 amide bonds. The molecule has 0 bridgehead atoms. The van der Waals surface area contributed by atoms with E-state index in [9.17, 15) is 13.2 Å². The fourth-order valence-electron chi connectivity index (χ4n) is 2.99. The molecule has 1 fully saturated rings. The lowest BCUT2D eigenvalue weighted by atomic mass is 10.1. The Kier molecular flexibility index (Phi) is 11.0. The normalized spacial score (nSPS) is 16.2. The topological polar surface area (TPSA) is 58.1 Å². The number of nitrogens with one attached hydrogen (secondary N) is 2. The van der Waals surface area contributed by atoms with Crippen molar-refractivity contribution in [1.82, 2.24) is 10.6 Å². The van der Waals surface area contributed by atoms with Crippen LogP contribution in [0.4, 0.5) is 18.9 Å². The molecule has 0 spiro atoms. The van der Waals surface area contributed by atoms with Gasteiger partial charge in [0.15, 0.2) is 5.96 Å². The van der Waals surface area contributed by atoms with E-state index in [-0.39, 0.29) is 42.1 Å². The molecule has 1 atom stereocenters. The van der Waals surface area contributed by atoms with Gasteiger partial charge >= 0.3 is 6.18 Å². The summed E-state index contributed by atoms with van der Waals surface area (Å²) >= 11 is 0. The van der Waals surface area contributed by atoms with Crippen molar-refractivity contribution in [3.05, 3.63) is 29.3 Å². The highest BCUT2D eigenvalue weighted by Gasteiger charge is 2.34. The molecular formula is C19H30F3IN4O2. The van der Waals surface area contributed by atoms with Gasteiger partial charge in [0.25, 0.3) is 0 Å². The third kappa shape index (κ3) is 8.17. The van der Waals surface area contributed by atoms with Crippen LogP contribution < -0.4 is 15.5 Å². The zero-order valence-electron chi connectivity index (χ0n) is 17.0. The first kappa shape index (κ1) is 25.8. The second-order valence-corrected chi connectivity index (χ2v) is 6.63. The summed E-state index contributed by atoms with van der Waals surface area (Å²) in [7, 11) is 1.59. The molecule has 1 saturated heterocycles. The molecule has 6 nitrogen and oxygen atoms in total. The minimum atomic E-state index is -4.44. The van der Waals surface area contributed by atoms with Crippen LogP contribution in [0.2, 0.25) is 0 Å². The monoisotopic (exact) mass is 530 g/mol. The largest absolute Gasteiger partial charge is 0.416 e. The summed E-state index contributed by atoms with van der Waals surface area (Å²) < 4.78 is 51.3. The Morgan fingerprint density at radius 3 is 2.59 bits per heavy atom. The van der Waals surface area contributed by atoms with Gasteiger partial charge in [-0.3, -0.25) is 0 Å². The highest BCUT2D eigenvalue weighted by molar-refractivity contribution is 14.0. The van der Waals surface area contributed by atoms with Gasteiger partial charge in [-0.05, 0) is 31.5 Å². The molecule has 1 aliphatic rings. The van der Waals surface area contributed by atoms with Crippen molar-refractivity contribution in [2.45, 2.75) is 32.6 Å². The van der Waals surface area contributed by atoms with Crippen molar-refractivity contribution in [2.75, 3.05) is 51.5 Å². The number of nitrogens with zero attached hydrogens (tertiary/aromatic N) is 2. The summed E-state index contributed by atoms with van der Waals surface area (Å²) in [6, 6.07) is 4.43. The van der Waals surface area contributed by atoms with Gasteiger partial charge in [0.2, 0.25) is 0 Å². The fourth-order valence-corrected chi connectivity index (χ4v) is 2.99. The zero-order valence-corrected chi connectivity index (χ0v) is 19.3. The number of ether oxygens (including phenoxy) is 2. The van der Waals surface area contributed by atoms with E-state index in [2.05, 4.69) is 15.6 Å². The van der Waals surface area contributed by atoms with Gasteiger partial charge in [0, 0.05) is 38.5 Å². The van der Waals surface area contributed by atoms with Crippen molar-refractivity contribution < 1.29 is 22.6 Å². The van der Waals surface area contributed by atoms with E-state index in [0.29, 0.717) is 51.1 Å². The van der Waals surface area contributed by atoms with Gasteiger partial charge in [0.1, 0.15) is 0 Å².